The number of methoxy groups -OCH3 is 1. The number of aryl methyl sites for hydroxylation is 1. The molecule has 0 aliphatic carbocycles. The van der Waals surface area contributed by atoms with E-state index in [4.69, 9.17) is 4.74 Å². The Morgan fingerprint density at radius 3 is 2.56 bits per heavy atom. The van der Waals surface area contributed by atoms with Gasteiger partial charge in [-0.1, -0.05) is 64.0 Å². The second-order valence-corrected chi connectivity index (χ2v) is 4.97. The van der Waals surface area contributed by atoms with Gasteiger partial charge in [-0.15, -0.1) is 0 Å². The van der Waals surface area contributed by atoms with Crippen LogP contribution in [0.25, 0.3) is 5.57 Å². The SMILES string of the molecule is CO/C=C(/c1cccc(C)c1)c1ccccc1Br. The second kappa shape index (κ2) is 5.87. The van der Waals surface area contributed by atoms with Crippen LogP contribution in [0.15, 0.2) is 59.3 Å². The van der Waals surface area contributed by atoms with E-state index in [0.717, 1.165) is 21.2 Å². The Balaban J connectivity index is 2.54. The van der Waals surface area contributed by atoms with Gasteiger partial charge in [-0.25, -0.2) is 0 Å². The molecule has 1 nitrogen and oxygen atoms in total. The zero-order valence-electron chi connectivity index (χ0n) is 10.5. The zero-order valence-corrected chi connectivity index (χ0v) is 12.1. The molecule has 0 N–H and O–H groups in total. The summed E-state index contributed by atoms with van der Waals surface area (Å²) in [7, 11) is 1.67. The van der Waals surface area contributed by atoms with E-state index in [0.29, 0.717) is 0 Å². The molecule has 2 aromatic carbocycles. The maximum atomic E-state index is 5.22. The highest BCUT2D eigenvalue weighted by atomic mass is 79.9. The largest absolute Gasteiger partial charge is 0.504 e. The second-order valence-electron chi connectivity index (χ2n) is 4.12. The lowest BCUT2D eigenvalue weighted by Crippen LogP contribution is -1.91. The molecule has 0 unspecified atom stereocenters. The Morgan fingerprint density at radius 2 is 1.89 bits per heavy atom. The summed E-state index contributed by atoms with van der Waals surface area (Å²) in [4.78, 5) is 0. The zero-order chi connectivity index (χ0) is 13.0. The summed E-state index contributed by atoms with van der Waals surface area (Å²) in [5.41, 5.74) is 4.60. The Kier molecular flexibility index (Phi) is 4.21. The molecule has 2 heteroatoms. The molecule has 2 aromatic rings. The summed E-state index contributed by atoms with van der Waals surface area (Å²) in [6.45, 7) is 2.09. The van der Waals surface area contributed by atoms with Crippen LogP contribution in [0.1, 0.15) is 16.7 Å². The molecular formula is C16H15BrO. The lowest BCUT2D eigenvalue weighted by atomic mass is 9.98. The Labute approximate surface area is 116 Å². The van der Waals surface area contributed by atoms with E-state index in [1.54, 1.807) is 13.4 Å². The molecule has 0 saturated heterocycles. The van der Waals surface area contributed by atoms with Crippen LogP contribution in [0.4, 0.5) is 0 Å². The number of hydrogen-bond acceptors (Lipinski definition) is 1. The lowest BCUT2D eigenvalue weighted by Gasteiger charge is -2.10. The molecule has 0 heterocycles. The van der Waals surface area contributed by atoms with Gasteiger partial charge in [0.15, 0.2) is 0 Å². The fourth-order valence-corrected chi connectivity index (χ4v) is 2.40. The van der Waals surface area contributed by atoms with Crippen LogP contribution < -0.4 is 0 Å². The van der Waals surface area contributed by atoms with Crippen molar-refractivity contribution in [2.45, 2.75) is 6.92 Å². The van der Waals surface area contributed by atoms with Crippen molar-refractivity contribution in [3.05, 3.63) is 76.0 Å². The molecule has 0 amide bonds. The summed E-state index contributed by atoms with van der Waals surface area (Å²) in [5.74, 6) is 0. The number of halogens is 1. The van der Waals surface area contributed by atoms with Crippen molar-refractivity contribution in [2.24, 2.45) is 0 Å². The van der Waals surface area contributed by atoms with E-state index in [-0.39, 0.29) is 0 Å². The topological polar surface area (TPSA) is 9.23 Å². The monoisotopic (exact) mass is 302 g/mol. The van der Waals surface area contributed by atoms with Gasteiger partial charge in [-0.05, 0) is 24.1 Å². The fraction of sp³-hybridized carbons (Fsp3) is 0.125. The molecule has 2 rings (SSSR count). The third-order valence-corrected chi connectivity index (χ3v) is 3.42. The molecule has 0 radical (unpaired) electrons. The molecule has 0 atom stereocenters. The van der Waals surface area contributed by atoms with Crippen LogP contribution in [0.3, 0.4) is 0 Å². The lowest BCUT2D eigenvalue weighted by molar-refractivity contribution is 0.340. The third kappa shape index (κ3) is 2.82. The minimum atomic E-state index is 1.06. The first-order valence-electron chi connectivity index (χ1n) is 5.77. The Hall–Kier alpha value is -1.54. The molecule has 0 aliphatic rings. The minimum Gasteiger partial charge on any atom is -0.504 e. The Bertz CT molecular complexity index is 573. The molecule has 0 aliphatic heterocycles. The van der Waals surface area contributed by atoms with Crippen LogP contribution in [0, 0.1) is 6.92 Å². The average molecular weight is 303 g/mol. The van der Waals surface area contributed by atoms with Crippen LogP contribution in [-0.4, -0.2) is 7.11 Å². The third-order valence-electron chi connectivity index (χ3n) is 2.73. The first kappa shape index (κ1) is 12.9. The summed E-state index contributed by atoms with van der Waals surface area (Å²) >= 11 is 3.59. The standard InChI is InChI=1S/C16H15BrO/c1-12-6-5-7-13(10-12)15(11-18-2)14-8-3-4-9-16(14)17/h3-11H,1-2H3/b15-11-. The van der Waals surface area contributed by atoms with Crippen LogP contribution in [-0.2, 0) is 4.74 Å². The minimum absolute atomic E-state index is 1.06. The van der Waals surface area contributed by atoms with Crippen molar-refractivity contribution in [3.8, 4) is 0 Å². The van der Waals surface area contributed by atoms with Gasteiger partial charge in [0.1, 0.15) is 0 Å². The summed E-state index contributed by atoms with van der Waals surface area (Å²) in [6.07, 6.45) is 1.79. The fourth-order valence-electron chi connectivity index (χ4n) is 1.90. The van der Waals surface area contributed by atoms with E-state index < -0.39 is 0 Å². The normalized spacial score (nSPS) is 11.4. The van der Waals surface area contributed by atoms with Crippen molar-refractivity contribution < 1.29 is 4.74 Å². The van der Waals surface area contributed by atoms with Gasteiger partial charge >= 0.3 is 0 Å². The van der Waals surface area contributed by atoms with E-state index in [1.807, 2.05) is 18.2 Å². The number of hydrogen-bond donors (Lipinski definition) is 0. The van der Waals surface area contributed by atoms with Crippen molar-refractivity contribution >= 4 is 21.5 Å². The highest BCUT2D eigenvalue weighted by Gasteiger charge is 2.08. The van der Waals surface area contributed by atoms with E-state index >= 15 is 0 Å². The van der Waals surface area contributed by atoms with Gasteiger partial charge in [0.05, 0.1) is 13.4 Å². The number of ether oxygens (including phenoxy) is 1. The predicted octanol–water partition coefficient (Wildman–Crippen LogP) is 4.79. The van der Waals surface area contributed by atoms with E-state index in [1.165, 1.54) is 5.56 Å². The van der Waals surface area contributed by atoms with Gasteiger partial charge in [-0.2, -0.15) is 0 Å². The highest BCUT2D eigenvalue weighted by Crippen LogP contribution is 2.29. The summed E-state index contributed by atoms with van der Waals surface area (Å²) in [6, 6.07) is 16.6. The molecule has 18 heavy (non-hydrogen) atoms. The van der Waals surface area contributed by atoms with Gasteiger partial charge in [-0.3, -0.25) is 0 Å². The first-order chi connectivity index (χ1) is 8.72. The molecule has 0 spiro atoms. The van der Waals surface area contributed by atoms with Gasteiger partial charge < -0.3 is 4.74 Å². The molecule has 0 bridgehead atoms. The first-order valence-corrected chi connectivity index (χ1v) is 6.56. The van der Waals surface area contributed by atoms with Crippen LogP contribution in [0.2, 0.25) is 0 Å². The van der Waals surface area contributed by atoms with Crippen molar-refractivity contribution in [1.29, 1.82) is 0 Å². The van der Waals surface area contributed by atoms with E-state index in [2.05, 4.69) is 53.2 Å². The van der Waals surface area contributed by atoms with Crippen molar-refractivity contribution in [1.82, 2.24) is 0 Å². The van der Waals surface area contributed by atoms with Gasteiger partial charge in [0.2, 0.25) is 0 Å². The molecule has 0 saturated carbocycles. The molecule has 92 valence electrons. The average Bonchev–Trinajstić information content (AvgIpc) is 2.37. The van der Waals surface area contributed by atoms with Gasteiger partial charge in [0.25, 0.3) is 0 Å². The van der Waals surface area contributed by atoms with Crippen LogP contribution >= 0.6 is 15.9 Å². The van der Waals surface area contributed by atoms with Crippen molar-refractivity contribution in [2.75, 3.05) is 7.11 Å². The highest BCUT2D eigenvalue weighted by molar-refractivity contribution is 9.10. The molecule has 0 fully saturated rings. The molecular weight excluding hydrogens is 288 g/mol. The Morgan fingerprint density at radius 1 is 1.11 bits per heavy atom. The predicted molar refractivity (Wildman–Crippen MR) is 79.4 cm³/mol. The maximum Gasteiger partial charge on any atom is 0.0909 e. The van der Waals surface area contributed by atoms with Gasteiger partial charge in [0, 0.05) is 10.0 Å². The summed E-state index contributed by atoms with van der Waals surface area (Å²) < 4.78 is 6.29. The molecule has 0 aromatic heterocycles. The summed E-state index contributed by atoms with van der Waals surface area (Å²) in [5, 5.41) is 0. The smallest absolute Gasteiger partial charge is 0.0909 e. The quantitative estimate of drug-likeness (QED) is 0.741. The number of benzene rings is 2. The number of rotatable bonds is 3. The van der Waals surface area contributed by atoms with E-state index in [9.17, 15) is 0 Å². The maximum absolute atomic E-state index is 5.22. The van der Waals surface area contributed by atoms with Crippen LogP contribution in [0.5, 0.6) is 0 Å². The van der Waals surface area contributed by atoms with Crippen molar-refractivity contribution in [3.63, 3.8) is 0 Å².